The summed E-state index contributed by atoms with van der Waals surface area (Å²) in [5, 5.41) is 11.1. The van der Waals surface area contributed by atoms with Gasteiger partial charge in [-0.25, -0.2) is 0 Å². The molecule has 2 N–H and O–H groups in total. The maximum atomic E-state index is 5.43. The van der Waals surface area contributed by atoms with Gasteiger partial charge < -0.3 is 20.1 Å². The second-order valence-electron chi connectivity index (χ2n) is 5.74. The van der Waals surface area contributed by atoms with Gasteiger partial charge in [0.2, 0.25) is 0 Å². The van der Waals surface area contributed by atoms with Gasteiger partial charge >= 0.3 is 0 Å². The molecule has 140 valence electrons. The second kappa shape index (κ2) is 8.88. The smallest absolute Gasteiger partial charge is 0.175 e. The van der Waals surface area contributed by atoms with Crippen molar-refractivity contribution in [1.82, 2.24) is 9.78 Å². The average Bonchev–Trinajstić information content (AvgIpc) is 3.06. The van der Waals surface area contributed by atoms with Crippen LogP contribution in [0.2, 0.25) is 0 Å². The summed E-state index contributed by atoms with van der Waals surface area (Å²) in [6.45, 7) is 0.675. The topological polar surface area (TPSA) is 60.3 Å². The lowest BCUT2D eigenvalue weighted by atomic mass is 10.2. The van der Waals surface area contributed by atoms with Crippen LogP contribution in [0.3, 0.4) is 0 Å². The van der Waals surface area contributed by atoms with Crippen LogP contribution in [0.25, 0.3) is 0 Å². The Kier molecular flexibility index (Phi) is 6.31. The van der Waals surface area contributed by atoms with Gasteiger partial charge in [-0.1, -0.05) is 12.1 Å². The number of hydrogen-bond donors (Lipinski definition) is 2. The Morgan fingerprint density at radius 3 is 2.41 bits per heavy atom. The van der Waals surface area contributed by atoms with E-state index in [1.165, 1.54) is 0 Å². The van der Waals surface area contributed by atoms with Crippen LogP contribution in [0, 0.1) is 0 Å². The van der Waals surface area contributed by atoms with Crippen molar-refractivity contribution < 1.29 is 9.47 Å². The van der Waals surface area contributed by atoms with Gasteiger partial charge in [0.25, 0.3) is 0 Å². The summed E-state index contributed by atoms with van der Waals surface area (Å²) in [7, 11) is 3.22. The van der Waals surface area contributed by atoms with Gasteiger partial charge in [-0.3, -0.25) is 4.68 Å². The van der Waals surface area contributed by atoms with Gasteiger partial charge in [-0.2, -0.15) is 5.10 Å². The van der Waals surface area contributed by atoms with Crippen LogP contribution in [0.5, 0.6) is 11.5 Å². The number of aromatic nitrogens is 2. The molecule has 0 fully saturated rings. The molecule has 0 aliphatic carbocycles. The van der Waals surface area contributed by atoms with Gasteiger partial charge in [-0.05, 0) is 45.8 Å². The van der Waals surface area contributed by atoms with Crippen molar-refractivity contribution in [3.8, 4) is 11.5 Å². The molecule has 27 heavy (non-hydrogen) atoms. The zero-order chi connectivity index (χ0) is 19.2. The van der Waals surface area contributed by atoms with E-state index in [0.29, 0.717) is 23.2 Å². The largest absolute Gasteiger partial charge is 0.497 e. The van der Waals surface area contributed by atoms with E-state index in [2.05, 4.69) is 31.7 Å². The number of thiocarbonyl (C=S) groups is 1. The summed E-state index contributed by atoms with van der Waals surface area (Å²) in [6, 6.07) is 13.5. The SMILES string of the molecule is COc1cc(NC(=S)Nc2cccc(Cn3cc(Br)cn3)c2)cc(OC)c1. The van der Waals surface area contributed by atoms with E-state index in [4.69, 9.17) is 21.7 Å². The molecule has 0 bridgehead atoms. The summed E-state index contributed by atoms with van der Waals surface area (Å²) < 4.78 is 13.4. The number of rotatable bonds is 6. The van der Waals surface area contributed by atoms with E-state index in [9.17, 15) is 0 Å². The van der Waals surface area contributed by atoms with Crippen LogP contribution in [0.15, 0.2) is 59.3 Å². The van der Waals surface area contributed by atoms with E-state index in [0.717, 1.165) is 21.4 Å². The molecule has 0 unspecified atom stereocenters. The molecule has 0 saturated carbocycles. The zero-order valence-electron chi connectivity index (χ0n) is 14.9. The molecule has 2 aromatic carbocycles. The summed E-state index contributed by atoms with van der Waals surface area (Å²) in [5.41, 5.74) is 2.79. The third-order valence-electron chi connectivity index (χ3n) is 3.74. The number of hydrogen-bond acceptors (Lipinski definition) is 4. The first kappa shape index (κ1) is 19.2. The molecule has 1 aromatic heterocycles. The first-order valence-electron chi connectivity index (χ1n) is 8.13. The van der Waals surface area contributed by atoms with E-state index in [1.807, 2.05) is 47.3 Å². The molecule has 0 atom stereocenters. The van der Waals surface area contributed by atoms with Crippen molar-refractivity contribution in [3.63, 3.8) is 0 Å². The van der Waals surface area contributed by atoms with Crippen LogP contribution in [0.1, 0.15) is 5.56 Å². The predicted molar refractivity (Wildman–Crippen MR) is 115 cm³/mol. The van der Waals surface area contributed by atoms with Crippen LogP contribution in [0.4, 0.5) is 11.4 Å². The quantitative estimate of drug-likeness (QED) is 0.542. The van der Waals surface area contributed by atoms with Crippen molar-refractivity contribution in [3.05, 3.63) is 64.9 Å². The van der Waals surface area contributed by atoms with Gasteiger partial charge in [-0.15, -0.1) is 0 Å². The van der Waals surface area contributed by atoms with Gasteiger partial charge in [0.1, 0.15) is 11.5 Å². The number of nitrogens with zero attached hydrogens (tertiary/aromatic N) is 2. The van der Waals surface area contributed by atoms with Gasteiger partial charge in [0.05, 0.1) is 31.4 Å². The normalized spacial score (nSPS) is 10.3. The first-order valence-corrected chi connectivity index (χ1v) is 9.34. The molecule has 0 spiro atoms. The number of methoxy groups -OCH3 is 2. The fraction of sp³-hybridized carbons (Fsp3) is 0.158. The third-order valence-corrected chi connectivity index (χ3v) is 4.35. The number of anilines is 2. The third kappa shape index (κ3) is 5.45. The van der Waals surface area contributed by atoms with Crippen LogP contribution in [-0.4, -0.2) is 29.1 Å². The molecule has 0 radical (unpaired) electrons. The Morgan fingerprint density at radius 1 is 1.07 bits per heavy atom. The first-order chi connectivity index (χ1) is 13.1. The Balaban J connectivity index is 1.66. The molecule has 1 heterocycles. The molecule has 3 rings (SSSR count). The highest BCUT2D eigenvalue weighted by Crippen LogP contribution is 2.26. The summed E-state index contributed by atoms with van der Waals surface area (Å²) in [6.07, 6.45) is 3.70. The number of ether oxygens (including phenoxy) is 2. The highest BCUT2D eigenvalue weighted by atomic mass is 79.9. The number of nitrogens with one attached hydrogen (secondary N) is 2. The minimum atomic E-state index is 0.476. The highest BCUT2D eigenvalue weighted by molar-refractivity contribution is 9.10. The highest BCUT2D eigenvalue weighted by Gasteiger charge is 2.05. The molecular weight excluding hydrogens is 428 g/mol. The summed E-state index contributed by atoms with van der Waals surface area (Å²) in [5.74, 6) is 1.37. The zero-order valence-corrected chi connectivity index (χ0v) is 17.3. The van der Waals surface area contributed by atoms with Crippen molar-refractivity contribution in [2.75, 3.05) is 24.9 Å². The number of halogens is 1. The average molecular weight is 447 g/mol. The minimum absolute atomic E-state index is 0.476. The summed E-state index contributed by atoms with van der Waals surface area (Å²) >= 11 is 8.83. The van der Waals surface area contributed by atoms with Crippen LogP contribution in [-0.2, 0) is 6.54 Å². The van der Waals surface area contributed by atoms with E-state index in [-0.39, 0.29) is 0 Å². The Bertz CT molecular complexity index is 923. The molecule has 3 aromatic rings. The Hall–Kier alpha value is -2.58. The van der Waals surface area contributed by atoms with Gasteiger partial charge in [0, 0.05) is 35.8 Å². The predicted octanol–water partition coefficient (Wildman–Crippen LogP) is 4.52. The molecule has 0 aliphatic rings. The maximum absolute atomic E-state index is 5.43. The molecule has 0 amide bonds. The lowest BCUT2D eigenvalue weighted by molar-refractivity contribution is 0.395. The lowest BCUT2D eigenvalue weighted by Crippen LogP contribution is -2.19. The second-order valence-corrected chi connectivity index (χ2v) is 7.06. The van der Waals surface area contributed by atoms with E-state index in [1.54, 1.807) is 26.5 Å². The van der Waals surface area contributed by atoms with E-state index >= 15 is 0 Å². The fourth-order valence-electron chi connectivity index (χ4n) is 2.53. The molecular formula is C19H19BrN4O2S. The van der Waals surface area contributed by atoms with Gasteiger partial charge in [0.15, 0.2) is 5.11 Å². The maximum Gasteiger partial charge on any atom is 0.175 e. The number of benzene rings is 2. The molecule has 8 heteroatoms. The van der Waals surface area contributed by atoms with Crippen molar-refractivity contribution in [2.45, 2.75) is 6.54 Å². The van der Waals surface area contributed by atoms with E-state index < -0.39 is 0 Å². The Labute approximate surface area is 171 Å². The standard InChI is InChI=1S/C19H19BrN4O2S/c1-25-17-7-16(8-18(9-17)26-2)23-19(27)22-15-5-3-4-13(6-15)11-24-12-14(20)10-21-24/h3-10,12H,11H2,1-2H3,(H2,22,23,27). The minimum Gasteiger partial charge on any atom is -0.497 e. The fourth-order valence-corrected chi connectivity index (χ4v) is 3.10. The van der Waals surface area contributed by atoms with Crippen molar-refractivity contribution in [2.24, 2.45) is 0 Å². The Morgan fingerprint density at radius 2 is 1.78 bits per heavy atom. The van der Waals surface area contributed by atoms with Crippen molar-refractivity contribution >= 4 is 44.6 Å². The molecule has 6 nitrogen and oxygen atoms in total. The van der Waals surface area contributed by atoms with Crippen molar-refractivity contribution in [1.29, 1.82) is 0 Å². The molecule has 0 aliphatic heterocycles. The monoisotopic (exact) mass is 446 g/mol. The molecule has 0 saturated heterocycles. The summed E-state index contributed by atoms with van der Waals surface area (Å²) in [4.78, 5) is 0. The lowest BCUT2D eigenvalue weighted by Gasteiger charge is -2.13. The van der Waals surface area contributed by atoms with Crippen LogP contribution < -0.4 is 20.1 Å². The van der Waals surface area contributed by atoms with Crippen LogP contribution >= 0.6 is 28.1 Å².